The summed E-state index contributed by atoms with van der Waals surface area (Å²) in [6.07, 6.45) is 0. The molecule has 0 aliphatic heterocycles. The van der Waals surface area contributed by atoms with Crippen LogP contribution in [0.15, 0.2) is 40.4 Å². The van der Waals surface area contributed by atoms with Crippen LogP contribution in [0.25, 0.3) is 0 Å². The molecule has 0 saturated carbocycles. The lowest BCUT2D eigenvalue weighted by Gasteiger charge is -2.15. The zero-order valence-corrected chi connectivity index (χ0v) is 9.55. The van der Waals surface area contributed by atoms with E-state index >= 15 is 0 Å². The number of oxime groups is 1. The molecule has 0 radical (unpaired) electrons. The molecule has 0 amide bonds. The fraction of sp³-hybridized carbons (Fsp3) is 0.222. The second kappa shape index (κ2) is 4.95. The SMILES string of the molecule is CN(CC(N)=NO)S(=O)(=O)c1ccccc1. The highest BCUT2D eigenvalue weighted by molar-refractivity contribution is 7.89. The maximum absolute atomic E-state index is 11.9. The molecule has 3 N–H and O–H groups in total. The number of nitrogens with zero attached hydrogens (tertiary/aromatic N) is 2. The number of hydrogen-bond donors (Lipinski definition) is 2. The van der Waals surface area contributed by atoms with Gasteiger partial charge in [-0.05, 0) is 12.1 Å². The van der Waals surface area contributed by atoms with Crippen molar-refractivity contribution in [3.63, 3.8) is 0 Å². The van der Waals surface area contributed by atoms with Crippen molar-refractivity contribution >= 4 is 15.9 Å². The van der Waals surface area contributed by atoms with Crippen LogP contribution in [0, 0.1) is 0 Å². The molecule has 0 unspecified atom stereocenters. The van der Waals surface area contributed by atoms with E-state index in [0.717, 1.165) is 4.31 Å². The van der Waals surface area contributed by atoms with Gasteiger partial charge in [-0.3, -0.25) is 0 Å². The summed E-state index contributed by atoms with van der Waals surface area (Å²) in [6.45, 7) is -0.159. The Balaban J connectivity index is 2.95. The number of hydrogen-bond acceptors (Lipinski definition) is 4. The van der Waals surface area contributed by atoms with E-state index in [-0.39, 0.29) is 17.3 Å². The van der Waals surface area contributed by atoms with Gasteiger partial charge in [0.2, 0.25) is 10.0 Å². The Morgan fingerprint density at radius 3 is 2.50 bits per heavy atom. The molecule has 0 heterocycles. The Morgan fingerprint density at radius 1 is 1.44 bits per heavy atom. The molecule has 0 aliphatic carbocycles. The first-order chi connectivity index (χ1) is 7.48. The minimum absolute atomic E-state index is 0.159. The van der Waals surface area contributed by atoms with Gasteiger partial charge in [0.05, 0.1) is 11.4 Å². The van der Waals surface area contributed by atoms with Crippen LogP contribution in [-0.4, -0.2) is 37.4 Å². The van der Waals surface area contributed by atoms with E-state index in [1.165, 1.54) is 19.2 Å². The van der Waals surface area contributed by atoms with Gasteiger partial charge in [0.15, 0.2) is 5.84 Å². The van der Waals surface area contributed by atoms with Crippen molar-refractivity contribution < 1.29 is 13.6 Å². The van der Waals surface area contributed by atoms with Crippen LogP contribution in [-0.2, 0) is 10.0 Å². The van der Waals surface area contributed by atoms with Crippen LogP contribution in [0.3, 0.4) is 0 Å². The minimum atomic E-state index is -3.58. The highest BCUT2D eigenvalue weighted by Gasteiger charge is 2.20. The lowest BCUT2D eigenvalue weighted by molar-refractivity contribution is 0.315. The fourth-order valence-corrected chi connectivity index (χ4v) is 2.28. The number of benzene rings is 1. The van der Waals surface area contributed by atoms with Crippen molar-refractivity contribution in [2.75, 3.05) is 13.6 Å². The maximum atomic E-state index is 11.9. The van der Waals surface area contributed by atoms with Crippen molar-refractivity contribution in [1.82, 2.24) is 4.31 Å². The minimum Gasteiger partial charge on any atom is -0.409 e. The molecular weight excluding hydrogens is 230 g/mol. The normalized spacial score (nSPS) is 13.0. The average molecular weight is 243 g/mol. The van der Waals surface area contributed by atoms with Crippen molar-refractivity contribution in [1.29, 1.82) is 0 Å². The summed E-state index contributed by atoms with van der Waals surface area (Å²) in [5.74, 6) is -0.165. The first-order valence-corrected chi connectivity index (χ1v) is 5.90. The lowest BCUT2D eigenvalue weighted by atomic mass is 10.4. The molecule has 6 nitrogen and oxygen atoms in total. The smallest absolute Gasteiger partial charge is 0.243 e. The van der Waals surface area contributed by atoms with E-state index in [4.69, 9.17) is 10.9 Å². The van der Waals surface area contributed by atoms with Crippen molar-refractivity contribution in [3.05, 3.63) is 30.3 Å². The zero-order chi connectivity index (χ0) is 12.2. The molecule has 1 aromatic carbocycles. The van der Waals surface area contributed by atoms with E-state index in [2.05, 4.69) is 5.16 Å². The van der Waals surface area contributed by atoms with Crippen LogP contribution in [0.1, 0.15) is 0 Å². The summed E-state index contributed by atoms with van der Waals surface area (Å²) < 4.78 is 24.8. The molecule has 0 spiro atoms. The third-order valence-corrected chi connectivity index (χ3v) is 3.78. The van der Waals surface area contributed by atoms with E-state index in [0.29, 0.717) is 0 Å². The molecule has 0 atom stereocenters. The summed E-state index contributed by atoms with van der Waals surface area (Å²) in [7, 11) is -2.22. The summed E-state index contributed by atoms with van der Waals surface area (Å²) in [6, 6.07) is 7.95. The second-order valence-electron chi connectivity index (χ2n) is 3.17. The van der Waals surface area contributed by atoms with Crippen LogP contribution in [0.5, 0.6) is 0 Å². The number of rotatable bonds is 4. The standard InChI is InChI=1S/C9H13N3O3S/c1-12(7-9(10)11-13)16(14,15)8-5-3-2-4-6-8/h2-6,13H,7H2,1H3,(H2,10,11). The second-order valence-corrected chi connectivity index (χ2v) is 5.21. The summed E-state index contributed by atoms with van der Waals surface area (Å²) in [5.41, 5.74) is 5.24. The predicted molar refractivity (Wildman–Crippen MR) is 59.7 cm³/mol. The van der Waals surface area contributed by atoms with Gasteiger partial charge in [-0.25, -0.2) is 8.42 Å². The first-order valence-electron chi connectivity index (χ1n) is 4.46. The zero-order valence-electron chi connectivity index (χ0n) is 8.74. The van der Waals surface area contributed by atoms with Crippen molar-refractivity contribution in [3.8, 4) is 0 Å². The highest BCUT2D eigenvalue weighted by Crippen LogP contribution is 2.12. The average Bonchev–Trinajstić information content (AvgIpc) is 2.29. The fourth-order valence-electron chi connectivity index (χ4n) is 1.12. The quantitative estimate of drug-likeness (QED) is 0.338. The Hall–Kier alpha value is -1.60. The van der Waals surface area contributed by atoms with Gasteiger partial charge in [-0.1, -0.05) is 23.4 Å². The van der Waals surface area contributed by atoms with Crippen molar-refractivity contribution in [2.45, 2.75) is 4.90 Å². The Bertz CT molecular complexity index is 470. The highest BCUT2D eigenvalue weighted by atomic mass is 32.2. The van der Waals surface area contributed by atoms with Gasteiger partial charge in [0.1, 0.15) is 0 Å². The summed E-state index contributed by atoms with van der Waals surface area (Å²) in [5, 5.41) is 11.1. The van der Waals surface area contributed by atoms with E-state index in [1.54, 1.807) is 18.2 Å². The van der Waals surface area contributed by atoms with Crippen LogP contribution in [0.4, 0.5) is 0 Å². The van der Waals surface area contributed by atoms with Gasteiger partial charge in [0.25, 0.3) is 0 Å². The molecule has 1 rings (SSSR count). The third kappa shape index (κ3) is 2.71. The number of sulfonamides is 1. The molecule has 0 saturated heterocycles. The Kier molecular flexibility index (Phi) is 3.86. The molecule has 0 bridgehead atoms. The first kappa shape index (κ1) is 12.5. The summed E-state index contributed by atoms with van der Waals surface area (Å²) in [4.78, 5) is 0.170. The predicted octanol–water partition coefficient (Wildman–Crippen LogP) is 0.0535. The number of nitrogens with two attached hydrogens (primary N) is 1. The lowest BCUT2D eigenvalue weighted by Crippen LogP contribution is -2.35. The van der Waals surface area contributed by atoms with Gasteiger partial charge >= 0.3 is 0 Å². The molecule has 7 heteroatoms. The Morgan fingerprint density at radius 2 is 2.00 bits per heavy atom. The van der Waals surface area contributed by atoms with Gasteiger partial charge in [-0.15, -0.1) is 0 Å². The van der Waals surface area contributed by atoms with Gasteiger partial charge in [0, 0.05) is 7.05 Å². The Labute approximate surface area is 94.0 Å². The van der Waals surface area contributed by atoms with E-state index < -0.39 is 10.0 Å². The molecule has 0 aliphatic rings. The maximum Gasteiger partial charge on any atom is 0.243 e. The van der Waals surface area contributed by atoms with Crippen LogP contribution < -0.4 is 5.73 Å². The van der Waals surface area contributed by atoms with Crippen molar-refractivity contribution in [2.24, 2.45) is 10.9 Å². The van der Waals surface area contributed by atoms with Gasteiger partial charge < -0.3 is 10.9 Å². The molecule has 1 aromatic rings. The van der Waals surface area contributed by atoms with Crippen LogP contribution >= 0.6 is 0 Å². The third-order valence-electron chi connectivity index (χ3n) is 1.96. The van der Waals surface area contributed by atoms with E-state index in [1.807, 2.05) is 0 Å². The molecule has 88 valence electrons. The number of amidine groups is 1. The monoisotopic (exact) mass is 243 g/mol. The summed E-state index contributed by atoms with van der Waals surface area (Å²) >= 11 is 0. The van der Waals surface area contributed by atoms with Gasteiger partial charge in [-0.2, -0.15) is 4.31 Å². The molecule has 16 heavy (non-hydrogen) atoms. The molecule has 0 fully saturated rings. The largest absolute Gasteiger partial charge is 0.409 e. The molecular formula is C9H13N3O3S. The van der Waals surface area contributed by atoms with Crippen LogP contribution in [0.2, 0.25) is 0 Å². The number of likely N-dealkylation sites (N-methyl/N-ethyl adjacent to an activating group) is 1. The molecule has 0 aromatic heterocycles. The van der Waals surface area contributed by atoms with E-state index in [9.17, 15) is 8.42 Å². The topological polar surface area (TPSA) is 96.0 Å².